The lowest BCUT2D eigenvalue weighted by Crippen LogP contribution is -2.41. The van der Waals surface area contributed by atoms with E-state index >= 15 is 0 Å². The number of nitrogens with two attached hydrogens (primary N) is 1. The summed E-state index contributed by atoms with van der Waals surface area (Å²) in [6, 6.07) is 5.05. The molecular weight excluding hydrogens is 282 g/mol. The maximum atomic E-state index is 12.3. The third kappa shape index (κ3) is 2.80. The largest absolute Gasteiger partial charge is 0.341 e. The van der Waals surface area contributed by atoms with E-state index in [1.807, 2.05) is 18.2 Å². The van der Waals surface area contributed by atoms with Crippen molar-refractivity contribution < 1.29 is 9.59 Å². The van der Waals surface area contributed by atoms with Gasteiger partial charge in [0.15, 0.2) is 0 Å². The highest BCUT2D eigenvalue weighted by molar-refractivity contribution is 5.95. The minimum atomic E-state index is -0.523. The number of amides is 2. The van der Waals surface area contributed by atoms with Crippen LogP contribution in [0.25, 0.3) is 10.9 Å². The van der Waals surface area contributed by atoms with Crippen LogP contribution < -0.4 is 11.1 Å². The van der Waals surface area contributed by atoms with E-state index < -0.39 is 6.04 Å². The molecule has 4 N–H and O–H groups in total. The predicted molar refractivity (Wildman–Crippen MR) is 83.1 cm³/mol. The van der Waals surface area contributed by atoms with Crippen molar-refractivity contribution in [3.8, 4) is 0 Å². The molecule has 2 heterocycles. The molecule has 1 unspecified atom stereocenters. The highest BCUT2D eigenvalue weighted by Crippen LogP contribution is 2.21. The van der Waals surface area contributed by atoms with Crippen LogP contribution in [0.5, 0.6) is 0 Å². The first kappa shape index (κ1) is 14.5. The molecule has 1 aliphatic heterocycles. The highest BCUT2D eigenvalue weighted by atomic mass is 16.2. The number of aromatic nitrogens is 2. The van der Waals surface area contributed by atoms with Crippen LogP contribution in [-0.4, -0.2) is 46.0 Å². The topological polar surface area (TPSA) is 104 Å². The number of fused-ring (bicyclic) bond motifs is 1. The van der Waals surface area contributed by atoms with Gasteiger partial charge in [0.25, 0.3) is 0 Å². The summed E-state index contributed by atoms with van der Waals surface area (Å²) in [6.45, 7) is 2.68. The zero-order valence-corrected chi connectivity index (χ0v) is 12.4. The zero-order valence-electron chi connectivity index (χ0n) is 12.4. The summed E-state index contributed by atoms with van der Waals surface area (Å²) in [5, 5.41) is 10.7. The molecule has 3 rings (SSSR count). The molecule has 0 saturated carbocycles. The van der Waals surface area contributed by atoms with E-state index in [1.165, 1.54) is 0 Å². The molecule has 1 aromatic heterocycles. The van der Waals surface area contributed by atoms with Crippen LogP contribution >= 0.6 is 0 Å². The Morgan fingerprint density at radius 3 is 3.09 bits per heavy atom. The number of carbonyl (C=O) groups is 2. The minimum absolute atomic E-state index is 0.0668. The maximum Gasteiger partial charge on any atom is 0.239 e. The van der Waals surface area contributed by atoms with Gasteiger partial charge < -0.3 is 16.0 Å². The number of nitrogens with zero attached hydrogens (tertiary/aromatic N) is 2. The fourth-order valence-corrected chi connectivity index (χ4v) is 2.73. The number of rotatable bonds is 3. The van der Waals surface area contributed by atoms with E-state index in [0.29, 0.717) is 19.5 Å². The molecule has 0 radical (unpaired) electrons. The smallest absolute Gasteiger partial charge is 0.239 e. The number of benzene rings is 1. The second-order valence-corrected chi connectivity index (χ2v) is 5.72. The molecule has 1 aromatic carbocycles. The lowest BCUT2D eigenvalue weighted by atomic mass is 10.1. The first-order valence-corrected chi connectivity index (χ1v) is 7.33. The van der Waals surface area contributed by atoms with Crippen molar-refractivity contribution in [3.05, 3.63) is 24.4 Å². The van der Waals surface area contributed by atoms with Crippen LogP contribution in [0.4, 0.5) is 5.69 Å². The lowest BCUT2D eigenvalue weighted by molar-refractivity contribution is -0.131. The second kappa shape index (κ2) is 5.76. The Bertz CT molecular complexity index is 709. The summed E-state index contributed by atoms with van der Waals surface area (Å²) >= 11 is 0. The van der Waals surface area contributed by atoms with Gasteiger partial charge in [0.2, 0.25) is 11.8 Å². The average molecular weight is 301 g/mol. The van der Waals surface area contributed by atoms with Crippen LogP contribution in [0, 0.1) is 5.92 Å². The van der Waals surface area contributed by atoms with Crippen molar-refractivity contribution in [2.75, 3.05) is 18.4 Å². The van der Waals surface area contributed by atoms with Gasteiger partial charge in [-0.25, -0.2) is 0 Å². The Labute approximate surface area is 127 Å². The zero-order chi connectivity index (χ0) is 15.7. The van der Waals surface area contributed by atoms with Crippen LogP contribution in [0.2, 0.25) is 0 Å². The Hall–Kier alpha value is -2.41. The molecule has 2 amide bonds. The Kier molecular flexibility index (Phi) is 3.81. The van der Waals surface area contributed by atoms with Crippen molar-refractivity contribution in [1.82, 2.24) is 15.1 Å². The summed E-state index contributed by atoms with van der Waals surface area (Å²) in [5.41, 5.74) is 7.26. The molecule has 2 atom stereocenters. The van der Waals surface area contributed by atoms with Crippen molar-refractivity contribution in [3.63, 3.8) is 0 Å². The molecule has 0 aliphatic carbocycles. The van der Waals surface area contributed by atoms with E-state index in [1.54, 1.807) is 18.0 Å². The van der Waals surface area contributed by atoms with Crippen LogP contribution in [-0.2, 0) is 9.59 Å². The molecule has 116 valence electrons. The predicted octanol–water partition coefficient (Wildman–Crippen LogP) is 0.697. The quantitative estimate of drug-likeness (QED) is 0.776. The molecule has 1 saturated heterocycles. The van der Waals surface area contributed by atoms with Gasteiger partial charge in [0.05, 0.1) is 23.7 Å². The van der Waals surface area contributed by atoms with Gasteiger partial charge >= 0.3 is 0 Å². The molecule has 7 heteroatoms. The highest BCUT2D eigenvalue weighted by Gasteiger charge is 2.32. The third-order valence-electron chi connectivity index (χ3n) is 3.97. The van der Waals surface area contributed by atoms with E-state index in [4.69, 9.17) is 5.73 Å². The van der Waals surface area contributed by atoms with E-state index in [-0.39, 0.29) is 17.7 Å². The fourth-order valence-electron chi connectivity index (χ4n) is 2.73. The summed E-state index contributed by atoms with van der Waals surface area (Å²) in [7, 11) is 0. The summed E-state index contributed by atoms with van der Waals surface area (Å²) in [5.74, 6) is -0.360. The summed E-state index contributed by atoms with van der Waals surface area (Å²) in [6.07, 6.45) is 2.38. The molecule has 7 nitrogen and oxygen atoms in total. The molecular formula is C15H19N5O2. The van der Waals surface area contributed by atoms with Crippen molar-refractivity contribution in [2.24, 2.45) is 11.7 Å². The molecule has 0 spiro atoms. The number of aromatic amines is 1. The van der Waals surface area contributed by atoms with Gasteiger partial charge in [-0.05, 0) is 31.5 Å². The first-order valence-electron chi connectivity index (χ1n) is 7.33. The van der Waals surface area contributed by atoms with Gasteiger partial charge in [0, 0.05) is 24.2 Å². The lowest BCUT2D eigenvalue weighted by Gasteiger charge is -2.18. The fraction of sp³-hybridized carbons (Fsp3) is 0.400. The summed E-state index contributed by atoms with van der Waals surface area (Å²) < 4.78 is 0. The number of carbonyl (C=O) groups excluding carboxylic acids is 2. The van der Waals surface area contributed by atoms with Gasteiger partial charge in [-0.1, -0.05) is 0 Å². The number of likely N-dealkylation sites (tertiary alicyclic amines) is 1. The van der Waals surface area contributed by atoms with Gasteiger partial charge in [-0.2, -0.15) is 5.10 Å². The van der Waals surface area contributed by atoms with Crippen molar-refractivity contribution >= 4 is 28.4 Å². The second-order valence-electron chi connectivity index (χ2n) is 5.72. The monoisotopic (exact) mass is 301 g/mol. The Morgan fingerprint density at radius 2 is 2.32 bits per heavy atom. The van der Waals surface area contributed by atoms with Crippen LogP contribution in [0.15, 0.2) is 24.4 Å². The number of nitrogens with one attached hydrogen (secondary N) is 2. The number of H-pyrrole nitrogens is 1. The van der Waals surface area contributed by atoms with E-state index in [9.17, 15) is 9.59 Å². The van der Waals surface area contributed by atoms with E-state index in [0.717, 1.165) is 16.6 Å². The molecule has 22 heavy (non-hydrogen) atoms. The molecule has 0 bridgehead atoms. The number of anilines is 1. The Morgan fingerprint density at radius 1 is 1.50 bits per heavy atom. The minimum Gasteiger partial charge on any atom is -0.341 e. The standard InChI is InChI=1S/C15H19N5O2/c1-9(16)15(22)20-5-4-10(8-20)14(21)18-12-2-3-13-11(6-12)7-17-19-13/h2-3,6-7,9-10H,4-5,8,16H2,1H3,(H,17,19)(H,18,21)/t9-,10?/m1/s1. The average Bonchev–Trinajstić information content (AvgIpc) is 3.14. The van der Waals surface area contributed by atoms with Crippen molar-refractivity contribution in [2.45, 2.75) is 19.4 Å². The maximum absolute atomic E-state index is 12.3. The van der Waals surface area contributed by atoms with Crippen LogP contribution in [0.1, 0.15) is 13.3 Å². The van der Waals surface area contributed by atoms with Crippen molar-refractivity contribution in [1.29, 1.82) is 0 Å². The Balaban J connectivity index is 1.64. The molecule has 1 aliphatic rings. The number of hydrogen-bond donors (Lipinski definition) is 3. The summed E-state index contributed by atoms with van der Waals surface area (Å²) in [4.78, 5) is 25.8. The normalized spacial score (nSPS) is 19.4. The molecule has 2 aromatic rings. The SMILES string of the molecule is C[C@@H](N)C(=O)N1CCC(C(=O)Nc2ccc3[nH]ncc3c2)C1. The van der Waals surface area contributed by atoms with Gasteiger partial charge in [-0.3, -0.25) is 14.7 Å². The molecule has 1 fully saturated rings. The first-order chi connectivity index (χ1) is 10.5. The third-order valence-corrected chi connectivity index (χ3v) is 3.97. The number of hydrogen-bond acceptors (Lipinski definition) is 4. The van der Waals surface area contributed by atoms with Gasteiger partial charge in [0.1, 0.15) is 0 Å². The van der Waals surface area contributed by atoms with Crippen LogP contribution in [0.3, 0.4) is 0 Å². The van der Waals surface area contributed by atoms with E-state index in [2.05, 4.69) is 15.5 Å². The van der Waals surface area contributed by atoms with Gasteiger partial charge in [-0.15, -0.1) is 0 Å².